The van der Waals surface area contributed by atoms with Gasteiger partial charge >= 0.3 is 12.2 Å². The molecule has 0 spiro atoms. The quantitative estimate of drug-likeness (QED) is 0.0908. The van der Waals surface area contributed by atoms with Crippen molar-refractivity contribution in [2.45, 2.75) is 103 Å². The van der Waals surface area contributed by atoms with E-state index in [4.69, 9.17) is 33.7 Å². The summed E-state index contributed by atoms with van der Waals surface area (Å²) < 4.78 is 27.4. The van der Waals surface area contributed by atoms with Crippen LogP contribution in [0.5, 0.6) is 5.75 Å². The van der Waals surface area contributed by atoms with Crippen LogP contribution < -0.4 is 15.4 Å². The highest BCUT2D eigenvalue weighted by atomic mass is 16.5. The maximum absolute atomic E-state index is 14.6. The van der Waals surface area contributed by atoms with E-state index >= 15 is 0 Å². The van der Waals surface area contributed by atoms with Crippen LogP contribution in [0.2, 0.25) is 0 Å². The van der Waals surface area contributed by atoms with E-state index in [1.807, 2.05) is 35.9 Å². The molecule has 4 amide bonds. The van der Waals surface area contributed by atoms with Gasteiger partial charge < -0.3 is 54.1 Å². The molecule has 3 saturated heterocycles. The smallest absolute Gasteiger partial charge is 0.407 e. The van der Waals surface area contributed by atoms with Crippen molar-refractivity contribution in [1.82, 2.24) is 40.4 Å². The molecule has 2 aromatic heterocycles. The van der Waals surface area contributed by atoms with Crippen molar-refractivity contribution in [3.05, 3.63) is 65.9 Å². The Morgan fingerprint density at radius 1 is 0.881 bits per heavy atom. The number of hydrogen-bond donors (Lipinski definition) is 4. The number of hydrogen-bond acceptors (Lipinski definition) is 11. The molecule has 9 rings (SSSR count). The summed E-state index contributed by atoms with van der Waals surface area (Å²) in [5, 5.41) is 7.61. The number of fused-ring (bicyclic) bond motifs is 6. The zero-order chi connectivity index (χ0) is 46.9. The second kappa shape index (κ2) is 19.6. The standard InChI is InChI=1S/C50H62N8O9/c1-7-27(3)42(55-49(61)64-5)47(59)57-24-28(25-63-4)19-40(57)45-51-23-38(53-45)31-9-12-34-32(20-31)26-67-41-22-35-30(21-36(34)41)10-13-37-44(35)54-46(52-37)39-14-11-33(8-2)58(39)48(60)43(56-50(62)65-6)29-15-17-66-18-16-29/h9-10,12-13,20-23,27-29,33,39-40,42-43H,7-8,11,14-19,24-26H2,1-6H3,(H,51,53)(H,52,54)(H,55,61)(H,56,62)/t27-,28-,33-,39-,40-,42-,43-/m0/s1. The van der Waals surface area contributed by atoms with Crippen molar-refractivity contribution in [3.8, 4) is 28.1 Å². The number of amides is 4. The van der Waals surface area contributed by atoms with Crippen LogP contribution >= 0.6 is 0 Å². The molecule has 7 atom stereocenters. The highest BCUT2D eigenvalue weighted by molar-refractivity contribution is 6.07. The van der Waals surface area contributed by atoms with E-state index in [0.29, 0.717) is 64.5 Å². The molecule has 0 saturated carbocycles. The Kier molecular flexibility index (Phi) is 13.4. The number of methoxy groups -OCH3 is 3. The van der Waals surface area contributed by atoms with Crippen LogP contribution in [0.25, 0.3) is 44.2 Å². The van der Waals surface area contributed by atoms with Gasteiger partial charge in [-0.25, -0.2) is 19.6 Å². The summed E-state index contributed by atoms with van der Waals surface area (Å²) in [5.74, 6) is 1.81. The van der Waals surface area contributed by atoms with Crippen molar-refractivity contribution in [2.75, 3.05) is 47.7 Å². The lowest BCUT2D eigenvalue weighted by Crippen LogP contribution is -2.54. The molecule has 17 heteroatoms. The third kappa shape index (κ3) is 8.90. The maximum Gasteiger partial charge on any atom is 0.407 e. The Hall–Kier alpha value is -6.20. The molecular formula is C50H62N8O9. The van der Waals surface area contributed by atoms with Crippen LogP contribution in [-0.4, -0.2) is 120 Å². The van der Waals surface area contributed by atoms with Gasteiger partial charge in [-0.15, -0.1) is 0 Å². The SMILES string of the molecule is CC[C@H]1CC[C@@H](c2nc3c(ccc4cc5c(cc43)OCc3cc(-c4cnc([C@@H]6C[C@H](COC)CN6C(=O)[C@@H](NC(=O)OC)[C@@H](C)CC)[nH]4)ccc3-5)[nH]2)N1C(=O)[C@@H](NC(=O)OC)C1CCOCC1. The zero-order valence-electron chi connectivity index (χ0n) is 39.2. The van der Waals surface area contributed by atoms with Gasteiger partial charge in [0.2, 0.25) is 11.8 Å². The molecule has 4 aliphatic heterocycles. The Labute approximate surface area is 390 Å². The van der Waals surface area contributed by atoms with E-state index in [9.17, 15) is 19.2 Å². The number of aromatic nitrogens is 4. The summed E-state index contributed by atoms with van der Waals surface area (Å²) in [4.78, 5) is 74.5. The van der Waals surface area contributed by atoms with Crippen LogP contribution in [0.15, 0.2) is 48.7 Å². The van der Waals surface area contributed by atoms with Crippen LogP contribution in [0, 0.1) is 17.8 Å². The largest absolute Gasteiger partial charge is 0.488 e. The van der Waals surface area contributed by atoms with Crippen LogP contribution in [0.4, 0.5) is 9.59 Å². The van der Waals surface area contributed by atoms with E-state index in [1.165, 1.54) is 14.2 Å². The second-order valence-electron chi connectivity index (χ2n) is 18.5. The number of imidazole rings is 2. The molecule has 0 aliphatic carbocycles. The Morgan fingerprint density at radius 2 is 1.67 bits per heavy atom. The molecule has 5 aromatic rings. The molecular weight excluding hydrogens is 857 g/mol. The molecule has 67 heavy (non-hydrogen) atoms. The van der Waals surface area contributed by atoms with Crippen molar-refractivity contribution in [2.24, 2.45) is 17.8 Å². The van der Waals surface area contributed by atoms with Gasteiger partial charge in [-0.1, -0.05) is 45.4 Å². The third-order valence-electron chi connectivity index (χ3n) is 14.6. The van der Waals surface area contributed by atoms with Crippen LogP contribution in [-0.2, 0) is 35.1 Å². The first kappa shape index (κ1) is 45.9. The van der Waals surface area contributed by atoms with Crippen molar-refractivity contribution in [3.63, 3.8) is 0 Å². The maximum atomic E-state index is 14.6. The molecule has 4 N–H and O–H groups in total. The first-order chi connectivity index (χ1) is 32.5. The number of likely N-dealkylation sites (tertiary alicyclic amines) is 2. The fourth-order valence-corrected chi connectivity index (χ4v) is 10.8. The van der Waals surface area contributed by atoms with Gasteiger partial charge in [-0.2, -0.15) is 0 Å². The van der Waals surface area contributed by atoms with Crippen LogP contribution in [0.3, 0.4) is 0 Å². The van der Waals surface area contributed by atoms with Crippen LogP contribution in [0.1, 0.15) is 95.0 Å². The molecule has 6 heterocycles. The Balaban J connectivity index is 0.972. The van der Waals surface area contributed by atoms with Gasteiger partial charge in [0.05, 0.1) is 55.8 Å². The van der Waals surface area contributed by atoms with E-state index in [2.05, 4.69) is 63.9 Å². The lowest BCUT2D eigenvalue weighted by atomic mass is 9.90. The van der Waals surface area contributed by atoms with E-state index in [1.54, 1.807) is 7.11 Å². The fourth-order valence-electron chi connectivity index (χ4n) is 10.8. The first-order valence-corrected chi connectivity index (χ1v) is 23.7. The highest BCUT2D eigenvalue weighted by Gasteiger charge is 2.45. The monoisotopic (exact) mass is 918 g/mol. The number of aromatic amines is 2. The molecule has 4 aliphatic rings. The Bertz CT molecular complexity index is 2640. The minimum absolute atomic E-state index is 0.00774. The number of carbonyl (C=O) groups excluding carboxylic acids is 4. The normalized spacial score (nSPS) is 21.9. The third-order valence-corrected chi connectivity index (χ3v) is 14.6. The van der Waals surface area contributed by atoms with Crippen molar-refractivity contribution < 1.29 is 42.9 Å². The summed E-state index contributed by atoms with van der Waals surface area (Å²) in [6, 6.07) is 12.6. The number of carbonyl (C=O) groups is 4. The number of nitrogens with zero attached hydrogens (tertiary/aromatic N) is 4. The average molecular weight is 919 g/mol. The van der Waals surface area contributed by atoms with Crippen molar-refractivity contribution in [1.29, 1.82) is 0 Å². The summed E-state index contributed by atoms with van der Waals surface area (Å²) in [5.41, 5.74) is 6.53. The fraction of sp³-hybridized carbons (Fsp3) is 0.520. The molecule has 0 unspecified atom stereocenters. The predicted octanol–water partition coefficient (Wildman–Crippen LogP) is 7.57. The van der Waals surface area contributed by atoms with Gasteiger partial charge in [0, 0.05) is 49.8 Å². The number of nitrogens with one attached hydrogen (secondary N) is 4. The number of H-pyrrole nitrogens is 2. The zero-order valence-corrected chi connectivity index (χ0v) is 39.2. The summed E-state index contributed by atoms with van der Waals surface area (Å²) in [6.07, 6.45) is 5.64. The van der Waals surface area contributed by atoms with Gasteiger partial charge in [0.25, 0.3) is 0 Å². The van der Waals surface area contributed by atoms with Gasteiger partial charge in [-0.05, 0) is 96.7 Å². The predicted molar refractivity (Wildman–Crippen MR) is 250 cm³/mol. The number of alkyl carbamates (subject to hydrolysis) is 2. The highest BCUT2D eigenvalue weighted by Crippen LogP contribution is 2.44. The minimum Gasteiger partial charge on any atom is -0.488 e. The van der Waals surface area contributed by atoms with E-state index in [0.717, 1.165) is 80.6 Å². The van der Waals surface area contributed by atoms with E-state index in [-0.39, 0.29) is 47.7 Å². The summed E-state index contributed by atoms with van der Waals surface area (Å²) in [7, 11) is 4.28. The Morgan fingerprint density at radius 3 is 2.42 bits per heavy atom. The average Bonchev–Trinajstić information content (AvgIpc) is 4.19. The lowest BCUT2D eigenvalue weighted by molar-refractivity contribution is -0.139. The molecule has 356 valence electrons. The molecule has 0 bridgehead atoms. The number of ether oxygens (including phenoxy) is 5. The van der Waals surface area contributed by atoms with Gasteiger partial charge in [0.1, 0.15) is 36.1 Å². The molecule has 3 aromatic carbocycles. The summed E-state index contributed by atoms with van der Waals surface area (Å²) in [6.45, 7) is 8.47. The molecule has 3 fully saturated rings. The lowest BCUT2D eigenvalue weighted by Gasteiger charge is -2.36. The van der Waals surface area contributed by atoms with Crippen molar-refractivity contribution >= 4 is 45.8 Å². The minimum atomic E-state index is -0.743. The first-order valence-electron chi connectivity index (χ1n) is 23.7. The molecule has 17 nitrogen and oxygen atoms in total. The topological polar surface area (TPSA) is 202 Å². The number of benzene rings is 3. The second-order valence-corrected chi connectivity index (χ2v) is 18.5. The van der Waals surface area contributed by atoms with E-state index < -0.39 is 24.3 Å². The van der Waals surface area contributed by atoms with Gasteiger partial charge in [0.15, 0.2) is 0 Å². The molecule has 0 radical (unpaired) electrons. The summed E-state index contributed by atoms with van der Waals surface area (Å²) >= 11 is 0. The number of rotatable bonds is 13. The van der Waals surface area contributed by atoms with Gasteiger partial charge in [-0.3, -0.25) is 9.59 Å².